The van der Waals surface area contributed by atoms with E-state index in [1.54, 1.807) is 42.6 Å². The number of carbonyl (C=O) groups is 1. The maximum atomic E-state index is 12.5. The molecule has 24 heavy (non-hydrogen) atoms. The van der Waals surface area contributed by atoms with Crippen molar-refractivity contribution >= 4 is 11.9 Å². The van der Waals surface area contributed by atoms with E-state index in [2.05, 4.69) is 5.10 Å². The summed E-state index contributed by atoms with van der Waals surface area (Å²) in [6.07, 6.45) is 4.52. The van der Waals surface area contributed by atoms with Crippen molar-refractivity contribution in [1.29, 1.82) is 0 Å². The van der Waals surface area contributed by atoms with Gasteiger partial charge < -0.3 is 0 Å². The third-order valence-corrected chi connectivity index (χ3v) is 3.59. The lowest BCUT2D eigenvalue weighted by molar-refractivity contribution is 0.104. The Morgan fingerprint density at radius 3 is 2.33 bits per heavy atom. The predicted octanol–water partition coefficient (Wildman–Crippen LogP) is 3.19. The molecular formula is C20H16N2O2. The van der Waals surface area contributed by atoms with Crippen molar-refractivity contribution in [1.82, 2.24) is 9.78 Å². The third-order valence-electron chi connectivity index (χ3n) is 3.59. The van der Waals surface area contributed by atoms with Crippen molar-refractivity contribution in [2.24, 2.45) is 0 Å². The summed E-state index contributed by atoms with van der Waals surface area (Å²) in [4.78, 5) is 24.6. The molecule has 3 aromatic rings. The zero-order valence-electron chi connectivity index (χ0n) is 13.0. The Morgan fingerprint density at radius 1 is 0.958 bits per heavy atom. The summed E-state index contributed by atoms with van der Waals surface area (Å²) in [6.45, 7) is 0.397. The molecule has 118 valence electrons. The average molecular weight is 316 g/mol. The van der Waals surface area contributed by atoms with Gasteiger partial charge in [-0.3, -0.25) is 9.59 Å². The molecule has 0 bridgehead atoms. The lowest BCUT2D eigenvalue weighted by Gasteiger charge is -2.05. The molecule has 3 rings (SSSR count). The van der Waals surface area contributed by atoms with Crippen molar-refractivity contribution in [2.45, 2.75) is 6.54 Å². The zero-order chi connectivity index (χ0) is 16.8. The Morgan fingerprint density at radius 2 is 1.62 bits per heavy atom. The molecule has 0 aliphatic carbocycles. The highest BCUT2D eigenvalue weighted by Crippen LogP contribution is 2.04. The topological polar surface area (TPSA) is 52.0 Å². The van der Waals surface area contributed by atoms with Gasteiger partial charge in [0.1, 0.15) is 0 Å². The largest absolute Gasteiger partial charge is 0.289 e. The lowest BCUT2D eigenvalue weighted by Crippen LogP contribution is -2.24. The van der Waals surface area contributed by atoms with Crippen LogP contribution in [0.2, 0.25) is 0 Å². The van der Waals surface area contributed by atoms with Crippen LogP contribution in [-0.4, -0.2) is 15.6 Å². The van der Waals surface area contributed by atoms with Gasteiger partial charge in [-0.2, -0.15) is 5.10 Å². The summed E-state index contributed by atoms with van der Waals surface area (Å²) in [5.74, 6) is -0.138. The average Bonchev–Trinajstić information content (AvgIpc) is 2.64. The van der Waals surface area contributed by atoms with Gasteiger partial charge in [-0.1, -0.05) is 60.7 Å². The van der Waals surface area contributed by atoms with Gasteiger partial charge in [-0.15, -0.1) is 0 Å². The minimum atomic E-state index is -0.224. The van der Waals surface area contributed by atoms with E-state index in [0.29, 0.717) is 17.7 Å². The maximum absolute atomic E-state index is 12.5. The summed E-state index contributed by atoms with van der Waals surface area (Å²) >= 11 is 0. The van der Waals surface area contributed by atoms with Gasteiger partial charge in [-0.25, -0.2) is 4.68 Å². The second-order valence-corrected chi connectivity index (χ2v) is 5.30. The fourth-order valence-electron chi connectivity index (χ4n) is 2.33. The molecule has 2 aromatic carbocycles. The van der Waals surface area contributed by atoms with E-state index < -0.39 is 0 Å². The van der Waals surface area contributed by atoms with Crippen LogP contribution >= 0.6 is 0 Å². The predicted molar refractivity (Wildman–Crippen MR) is 93.8 cm³/mol. The number of rotatable bonds is 5. The highest BCUT2D eigenvalue weighted by Gasteiger charge is 2.04. The van der Waals surface area contributed by atoms with Gasteiger partial charge in [0.05, 0.1) is 6.54 Å². The summed E-state index contributed by atoms with van der Waals surface area (Å²) in [6, 6.07) is 20.2. The highest BCUT2D eigenvalue weighted by molar-refractivity contribution is 6.06. The highest BCUT2D eigenvalue weighted by atomic mass is 16.1. The van der Waals surface area contributed by atoms with Gasteiger partial charge in [0.15, 0.2) is 5.78 Å². The molecule has 0 amide bonds. The molecule has 0 saturated carbocycles. The SMILES string of the molecule is O=C(/C=C/c1ccnn(Cc2ccccc2)c1=O)c1ccccc1. The molecule has 0 saturated heterocycles. The quantitative estimate of drug-likeness (QED) is 0.536. The molecule has 0 atom stereocenters. The molecule has 0 spiro atoms. The first-order chi connectivity index (χ1) is 11.7. The van der Waals surface area contributed by atoms with Gasteiger partial charge in [0.2, 0.25) is 0 Å². The molecular weight excluding hydrogens is 300 g/mol. The summed E-state index contributed by atoms with van der Waals surface area (Å²) < 4.78 is 1.39. The fraction of sp³-hybridized carbons (Fsp3) is 0.0500. The first kappa shape index (κ1) is 15.6. The Kier molecular flexibility index (Phi) is 4.77. The molecule has 0 N–H and O–H groups in total. The molecule has 0 fully saturated rings. The molecule has 4 nitrogen and oxygen atoms in total. The summed E-state index contributed by atoms with van der Waals surface area (Å²) in [5.41, 5.74) is 1.80. The van der Waals surface area contributed by atoms with E-state index >= 15 is 0 Å². The minimum absolute atomic E-state index is 0.138. The van der Waals surface area contributed by atoms with Crippen LogP contribution in [0.5, 0.6) is 0 Å². The van der Waals surface area contributed by atoms with E-state index in [0.717, 1.165) is 5.56 Å². The zero-order valence-corrected chi connectivity index (χ0v) is 13.0. The van der Waals surface area contributed by atoms with E-state index in [1.165, 1.54) is 10.8 Å². The van der Waals surface area contributed by atoms with Crippen LogP contribution in [0.1, 0.15) is 21.5 Å². The standard InChI is InChI=1S/C20H16N2O2/c23-19(17-9-5-2-6-10-17)12-11-18-13-14-21-22(20(18)24)15-16-7-3-1-4-8-16/h1-14H,15H2/b12-11+. The number of hydrogen-bond acceptors (Lipinski definition) is 3. The van der Waals surface area contributed by atoms with E-state index in [-0.39, 0.29) is 11.3 Å². The van der Waals surface area contributed by atoms with Crippen LogP contribution in [-0.2, 0) is 6.54 Å². The Labute approximate surface area is 139 Å². The fourth-order valence-corrected chi connectivity index (χ4v) is 2.33. The molecule has 0 radical (unpaired) electrons. The van der Waals surface area contributed by atoms with Crippen molar-refractivity contribution in [3.63, 3.8) is 0 Å². The van der Waals surface area contributed by atoms with Crippen LogP contribution in [0.25, 0.3) is 6.08 Å². The first-order valence-corrected chi connectivity index (χ1v) is 7.61. The van der Waals surface area contributed by atoms with Crippen molar-refractivity contribution in [3.8, 4) is 0 Å². The number of carbonyl (C=O) groups excluding carboxylic acids is 1. The Balaban J connectivity index is 1.82. The molecule has 0 aliphatic heterocycles. The van der Waals surface area contributed by atoms with Crippen molar-refractivity contribution < 1.29 is 4.79 Å². The second-order valence-electron chi connectivity index (χ2n) is 5.30. The molecule has 4 heteroatoms. The smallest absolute Gasteiger partial charge is 0.274 e. The van der Waals surface area contributed by atoms with Crippen LogP contribution in [0.4, 0.5) is 0 Å². The molecule has 0 unspecified atom stereocenters. The van der Waals surface area contributed by atoms with Crippen molar-refractivity contribution in [2.75, 3.05) is 0 Å². The number of aromatic nitrogens is 2. The normalized spacial score (nSPS) is 10.8. The van der Waals surface area contributed by atoms with E-state index in [1.807, 2.05) is 36.4 Å². The number of hydrogen-bond donors (Lipinski definition) is 0. The Hall–Kier alpha value is -3.27. The lowest BCUT2D eigenvalue weighted by atomic mass is 10.1. The number of benzene rings is 2. The van der Waals surface area contributed by atoms with Gasteiger partial charge >= 0.3 is 0 Å². The van der Waals surface area contributed by atoms with E-state index in [4.69, 9.17) is 0 Å². The van der Waals surface area contributed by atoms with Gasteiger partial charge in [-0.05, 0) is 23.8 Å². The minimum Gasteiger partial charge on any atom is -0.289 e. The monoisotopic (exact) mass is 316 g/mol. The van der Waals surface area contributed by atoms with Crippen LogP contribution < -0.4 is 5.56 Å². The second kappa shape index (κ2) is 7.33. The van der Waals surface area contributed by atoms with Crippen LogP contribution in [0.15, 0.2) is 83.8 Å². The van der Waals surface area contributed by atoms with E-state index in [9.17, 15) is 9.59 Å². The molecule has 1 aromatic heterocycles. The van der Waals surface area contributed by atoms with Crippen molar-refractivity contribution in [3.05, 3.63) is 106 Å². The van der Waals surface area contributed by atoms with Gasteiger partial charge in [0, 0.05) is 17.3 Å². The maximum Gasteiger partial charge on any atom is 0.274 e. The van der Waals surface area contributed by atoms with Crippen LogP contribution in [0.3, 0.4) is 0 Å². The Bertz CT molecular complexity index is 913. The molecule has 0 aliphatic rings. The first-order valence-electron chi connectivity index (χ1n) is 7.61. The number of ketones is 1. The van der Waals surface area contributed by atoms with Crippen LogP contribution in [0, 0.1) is 0 Å². The number of allylic oxidation sites excluding steroid dienone is 1. The summed E-state index contributed by atoms with van der Waals surface area (Å²) in [7, 11) is 0. The molecule has 1 heterocycles. The number of nitrogens with zero attached hydrogens (tertiary/aromatic N) is 2. The third kappa shape index (κ3) is 3.73. The summed E-state index contributed by atoms with van der Waals surface area (Å²) in [5, 5.41) is 4.10. The van der Waals surface area contributed by atoms with Gasteiger partial charge in [0.25, 0.3) is 5.56 Å².